The van der Waals surface area contributed by atoms with Crippen LogP contribution in [-0.4, -0.2) is 24.7 Å². The fraction of sp³-hybridized carbons (Fsp3) is 0.0667. The fourth-order valence-corrected chi connectivity index (χ4v) is 3.15. The number of benzene rings is 2. The van der Waals surface area contributed by atoms with Gasteiger partial charge in [0.05, 0.1) is 22.7 Å². The number of ketones is 1. The number of halogens is 2. The fourth-order valence-electron chi connectivity index (χ4n) is 2.43. The number of amides is 1. The van der Waals surface area contributed by atoms with Crippen molar-refractivity contribution in [3.8, 4) is 0 Å². The van der Waals surface area contributed by atoms with E-state index in [4.69, 9.17) is 11.6 Å². The molecule has 0 fully saturated rings. The normalized spacial score (nSPS) is 13.6. The Hall–Kier alpha value is -1.29. The Morgan fingerprint density at radius 3 is 2.44 bits per heavy atom. The van der Waals surface area contributed by atoms with Crippen molar-refractivity contribution < 1.29 is 56.5 Å². The van der Waals surface area contributed by atoms with Crippen LogP contribution in [0.3, 0.4) is 0 Å². The number of hydrogen-bond donors (Lipinski definition) is 0. The molecular weight excluding hydrogens is 384 g/mol. The summed E-state index contributed by atoms with van der Waals surface area (Å²) < 4.78 is 47.0. The minimum absolute atomic E-state index is 0. The largest absolute Gasteiger partial charge is 1.00 e. The van der Waals surface area contributed by atoms with E-state index < -0.39 is 32.5 Å². The van der Waals surface area contributed by atoms with Gasteiger partial charge in [-0.15, -0.1) is 0 Å². The second kappa shape index (κ2) is 7.14. The molecule has 0 radical (unpaired) electrons. The summed E-state index contributed by atoms with van der Waals surface area (Å²) in [4.78, 5) is 24.5. The van der Waals surface area contributed by atoms with Gasteiger partial charge in [-0.2, -0.15) is 0 Å². The Morgan fingerprint density at radius 2 is 1.84 bits per heavy atom. The van der Waals surface area contributed by atoms with Crippen LogP contribution in [0.15, 0.2) is 41.3 Å². The van der Waals surface area contributed by atoms with Crippen LogP contribution in [0.2, 0.25) is 5.02 Å². The van der Waals surface area contributed by atoms with E-state index >= 15 is 0 Å². The number of anilines is 1. The van der Waals surface area contributed by atoms with Gasteiger partial charge in [-0.05, 0) is 30.3 Å². The van der Waals surface area contributed by atoms with Crippen molar-refractivity contribution in [1.29, 1.82) is 0 Å². The molecule has 1 heterocycles. The summed E-state index contributed by atoms with van der Waals surface area (Å²) in [5.74, 6) is -2.57. The topological polar surface area (TPSA) is 94.6 Å². The first kappa shape index (κ1) is 20.0. The summed E-state index contributed by atoms with van der Waals surface area (Å²) in [6.45, 7) is -0.299. The number of Topliss-reactive ketones (excluding diaryl/α,β-unsaturated/α-hetero) is 1. The minimum atomic E-state index is -4.77. The summed E-state index contributed by atoms with van der Waals surface area (Å²) in [7, 11) is -4.77. The van der Waals surface area contributed by atoms with Crippen LogP contribution in [0.1, 0.15) is 15.9 Å². The van der Waals surface area contributed by atoms with Crippen LogP contribution in [-0.2, 0) is 21.5 Å². The van der Waals surface area contributed by atoms with Crippen LogP contribution >= 0.6 is 11.6 Å². The molecule has 1 aliphatic rings. The van der Waals surface area contributed by atoms with Gasteiger partial charge in [-0.1, -0.05) is 17.7 Å². The smallest absolute Gasteiger partial charge is 0.744 e. The van der Waals surface area contributed by atoms with Gasteiger partial charge >= 0.3 is 29.6 Å². The van der Waals surface area contributed by atoms with Crippen LogP contribution in [0.4, 0.5) is 10.1 Å². The van der Waals surface area contributed by atoms with Crippen molar-refractivity contribution in [2.45, 2.75) is 11.4 Å². The average molecular weight is 392 g/mol. The van der Waals surface area contributed by atoms with E-state index in [1.165, 1.54) is 12.1 Å². The minimum Gasteiger partial charge on any atom is -0.744 e. The first-order chi connectivity index (χ1) is 11.2. The average Bonchev–Trinajstić information content (AvgIpc) is 2.74. The van der Waals surface area contributed by atoms with Gasteiger partial charge < -0.3 is 9.45 Å². The third-order valence-electron chi connectivity index (χ3n) is 3.61. The van der Waals surface area contributed by atoms with E-state index in [0.717, 1.165) is 29.2 Å². The Balaban J connectivity index is 0.00000225. The van der Waals surface area contributed by atoms with Crippen molar-refractivity contribution in [2.75, 3.05) is 4.90 Å². The molecule has 0 unspecified atom stereocenters. The molecule has 0 saturated carbocycles. The number of rotatable bonds is 3. The molecule has 0 saturated heterocycles. The van der Waals surface area contributed by atoms with Crippen molar-refractivity contribution in [2.24, 2.45) is 0 Å². The zero-order valence-corrected chi connectivity index (χ0v) is 16.4. The molecule has 0 atom stereocenters. The predicted octanol–water partition coefficient (Wildman–Crippen LogP) is -0.883. The summed E-state index contributed by atoms with van der Waals surface area (Å²) in [5, 5.41) is 0.0856. The van der Waals surface area contributed by atoms with Gasteiger partial charge in [0.1, 0.15) is 15.9 Å². The first-order valence-electron chi connectivity index (χ1n) is 6.59. The summed E-state index contributed by atoms with van der Waals surface area (Å²) >= 11 is 5.92. The molecule has 0 aromatic heterocycles. The molecule has 0 N–H and O–H groups in total. The third-order valence-corrected chi connectivity index (χ3v) is 4.79. The van der Waals surface area contributed by atoms with E-state index in [9.17, 15) is 27.0 Å². The molecule has 6 nitrogen and oxygen atoms in total. The monoisotopic (exact) mass is 391 g/mol. The van der Waals surface area contributed by atoms with Gasteiger partial charge in [0.15, 0.2) is 0 Å². The number of carbonyl (C=O) groups excluding carboxylic acids is 2. The Kier molecular flexibility index (Phi) is 5.72. The molecule has 0 spiro atoms. The number of carbonyl (C=O) groups is 2. The van der Waals surface area contributed by atoms with E-state index in [2.05, 4.69) is 0 Å². The molecule has 124 valence electrons. The molecule has 1 amide bonds. The predicted molar refractivity (Wildman–Crippen MR) is 81.3 cm³/mol. The molecule has 3 rings (SSSR count). The Morgan fingerprint density at radius 1 is 1.16 bits per heavy atom. The Labute approximate surface area is 169 Å². The standard InChI is InChI=1S/C15H9ClFNO5S.Na/c16-11-2-1-3-12(17)10(11)7-18-13-5-4-8(24(21,22)23)6-9(13)14(19)15(18)20;/h1-6H,7H2,(H,21,22,23);/q;+1/p-1. The molecule has 0 aliphatic carbocycles. The first-order valence-corrected chi connectivity index (χ1v) is 8.38. The zero-order valence-electron chi connectivity index (χ0n) is 12.8. The number of nitrogens with zero attached hydrogens (tertiary/aromatic N) is 1. The van der Waals surface area contributed by atoms with Gasteiger partial charge in [0, 0.05) is 10.6 Å². The van der Waals surface area contributed by atoms with Crippen molar-refractivity contribution in [3.63, 3.8) is 0 Å². The second-order valence-electron chi connectivity index (χ2n) is 5.05. The Bertz CT molecular complexity index is 975. The quantitative estimate of drug-likeness (QED) is 0.384. The molecule has 2 aromatic rings. The van der Waals surface area contributed by atoms with E-state index in [1.54, 1.807) is 0 Å². The summed E-state index contributed by atoms with van der Waals surface area (Å²) in [5.41, 5.74) is -0.102. The van der Waals surface area contributed by atoms with Gasteiger partial charge in [-0.25, -0.2) is 12.8 Å². The molecule has 10 heteroatoms. The number of fused-ring (bicyclic) bond motifs is 1. The van der Waals surface area contributed by atoms with Gasteiger partial charge in [-0.3, -0.25) is 9.59 Å². The SMILES string of the molecule is O=C1C(=O)N(Cc2c(F)cccc2Cl)c2ccc(S(=O)(=O)[O-])cc21.[Na+]. The van der Waals surface area contributed by atoms with Crippen LogP contribution in [0, 0.1) is 5.82 Å². The maximum Gasteiger partial charge on any atom is 1.00 e. The van der Waals surface area contributed by atoms with Gasteiger partial charge in [0.2, 0.25) is 0 Å². The van der Waals surface area contributed by atoms with Gasteiger partial charge in [0.25, 0.3) is 11.7 Å². The molecule has 0 bridgehead atoms. The van der Waals surface area contributed by atoms with Crippen LogP contribution in [0.25, 0.3) is 0 Å². The maximum atomic E-state index is 13.9. The van der Waals surface area contributed by atoms with E-state index in [0.29, 0.717) is 0 Å². The third kappa shape index (κ3) is 3.64. The molecule has 25 heavy (non-hydrogen) atoms. The second-order valence-corrected chi connectivity index (χ2v) is 6.84. The van der Waals surface area contributed by atoms with Crippen molar-refractivity contribution in [1.82, 2.24) is 0 Å². The summed E-state index contributed by atoms with van der Waals surface area (Å²) in [6, 6.07) is 7.01. The van der Waals surface area contributed by atoms with E-state index in [-0.39, 0.29) is 57.9 Å². The maximum absolute atomic E-state index is 13.9. The summed E-state index contributed by atoms with van der Waals surface area (Å²) in [6.07, 6.45) is 0. The molecular formula is C15H8ClFNNaO5S. The zero-order chi connectivity index (χ0) is 17.6. The van der Waals surface area contributed by atoms with Crippen LogP contribution < -0.4 is 34.5 Å². The number of hydrogen-bond acceptors (Lipinski definition) is 5. The van der Waals surface area contributed by atoms with Crippen molar-refractivity contribution in [3.05, 3.63) is 58.4 Å². The molecule has 1 aliphatic heterocycles. The van der Waals surface area contributed by atoms with E-state index in [1.807, 2.05) is 0 Å². The van der Waals surface area contributed by atoms with Crippen LogP contribution in [0.5, 0.6) is 0 Å². The molecule has 2 aromatic carbocycles. The van der Waals surface area contributed by atoms with Crippen molar-refractivity contribution >= 4 is 39.1 Å².